The topological polar surface area (TPSA) is 101 Å². The van der Waals surface area contributed by atoms with Crippen LogP contribution in [0, 0.1) is 5.82 Å². The van der Waals surface area contributed by atoms with E-state index in [2.05, 4.69) is 25.1 Å². The molecule has 0 spiro atoms. The summed E-state index contributed by atoms with van der Waals surface area (Å²) in [5.41, 5.74) is 3.89. The van der Waals surface area contributed by atoms with Crippen LogP contribution in [0.15, 0.2) is 53.3 Å². The summed E-state index contributed by atoms with van der Waals surface area (Å²) in [6.45, 7) is 0.611. The minimum Gasteiger partial charge on any atom is -0.402 e. The van der Waals surface area contributed by atoms with Gasteiger partial charge in [-0.05, 0) is 30.3 Å². The molecular weight excluding hydrogens is 423 g/mol. The van der Waals surface area contributed by atoms with Crippen LogP contribution in [0.1, 0.15) is 23.1 Å². The maximum absolute atomic E-state index is 13.2. The Morgan fingerprint density at radius 1 is 1.16 bits per heavy atom. The first-order valence-electron chi connectivity index (χ1n) is 9.56. The average molecular weight is 437 g/mol. The molecule has 6 heterocycles. The largest absolute Gasteiger partial charge is 0.402 e. The highest BCUT2D eigenvalue weighted by Crippen LogP contribution is 2.37. The van der Waals surface area contributed by atoms with E-state index in [1.54, 1.807) is 16.9 Å². The molecule has 0 radical (unpaired) electrons. The van der Waals surface area contributed by atoms with Crippen LogP contribution in [0.2, 0.25) is 5.15 Å². The molecule has 0 aliphatic carbocycles. The van der Waals surface area contributed by atoms with E-state index in [9.17, 15) is 4.39 Å². The summed E-state index contributed by atoms with van der Waals surface area (Å²) in [5, 5.41) is 13.5. The van der Waals surface area contributed by atoms with E-state index in [1.807, 2.05) is 23.1 Å². The predicted octanol–water partition coefficient (Wildman–Crippen LogP) is 3.45. The SMILES string of the molecule is Fc1ccc(-c2nnc(N3CCc4[nH]cnc4[C@H]3c3cc4cccc(Cl)n4n3)o2)nc1. The number of aromatic amines is 1. The third kappa shape index (κ3) is 2.95. The van der Waals surface area contributed by atoms with Gasteiger partial charge >= 0.3 is 6.01 Å². The zero-order chi connectivity index (χ0) is 20.9. The van der Waals surface area contributed by atoms with Crippen molar-refractivity contribution >= 4 is 23.1 Å². The molecule has 0 saturated heterocycles. The number of rotatable bonds is 3. The minimum atomic E-state index is -0.434. The molecule has 1 N–H and O–H groups in total. The van der Waals surface area contributed by atoms with Gasteiger partial charge in [-0.25, -0.2) is 18.9 Å². The Balaban J connectivity index is 1.44. The Morgan fingerprint density at radius 3 is 2.94 bits per heavy atom. The van der Waals surface area contributed by atoms with E-state index in [-0.39, 0.29) is 11.9 Å². The van der Waals surface area contributed by atoms with Crippen molar-refractivity contribution in [1.29, 1.82) is 0 Å². The van der Waals surface area contributed by atoms with Gasteiger partial charge in [0, 0.05) is 18.7 Å². The zero-order valence-corrected chi connectivity index (χ0v) is 16.7. The van der Waals surface area contributed by atoms with Crippen LogP contribution in [-0.4, -0.2) is 41.3 Å². The molecule has 0 bridgehead atoms. The number of halogens is 2. The lowest BCUT2D eigenvalue weighted by Gasteiger charge is -2.32. The number of anilines is 1. The second-order valence-electron chi connectivity index (χ2n) is 7.12. The number of aromatic nitrogens is 7. The predicted molar refractivity (Wildman–Crippen MR) is 109 cm³/mol. The number of pyridine rings is 2. The molecule has 0 unspecified atom stereocenters. The van der Waals surface area contributed by atoms with Crippen molar-refractivity contribution in [3.05, 3.63) is 77.0 Å². The van der Waals surface area contributed by atoms with Crippen LogP contribution in [0.3, 0.4) is 0 Å². The molecule has 11 heteroatoms. The smallest absolute Gasteiger partial charge is 0.319 e. The Bertz CT molecular complexity index is 1390. The molecule has 9 nitrogen and oxygen atoms in total. The molecule has 31 heavy (non-hydrogen) atoms. The number of H-pyrrole nitrogens is 1. The summed E-state index contributed by atoms with van der Waals surface area (Å²) in [6.07, 6.45) is 3.51. The first-order chi connectivity index (χ1) is 15.2. The van der Waals surface area contributed by atoms with Gasteiger partial charge in [-0.1, -0.05) is 22.8 Å². The molecule has 6 rings (SSSR count). The van der Waals surface area contributed by atoms with Crippen LogP contribution in [0.5, 0.6) is 0 Å². The summed E-state index contributed by atoms with van der Waals surface area (Å²) in [5.74, 6) is -0.226. The van der Waals surface area contributed by atoms with Gasteiger partial charge in [0.2, 0.25) is 0 Å². The molecule has 1 aliphatic heterocycles. The van der Waals surface area contributed by atoms with Gasteiger partial charge < -0.3 is 14.3 Å². The fraction of sp³-hybridized carbons (Fsp3) is 0.150. The molecule has 154 valence electrons. The van der Waals surface area contributed by atoms with Crippen molar-refractivity contribution < 1.29 is 8.81 Å². The number of imidazole rings is 1. The highest BCUT2D eigenvalue weighted by Gasteiger charge is 2.36. The standard InChI is InChI=1S/C20H14ClFN8O/c21-16-3-1-2-12-8-15(28-30(12)16)18-17-13(24-10-25-17)6-7-29(18)20-27-26-19(31-20)14-5-4-11(22)9-23-14/h1-5,8-10,18H,6-7H2,(H,24,25)/t18-/m1/s1. The average Bonchev–Trinajstić information content (AvgIpc) is 3.52. The summed E-state index contributed by atoms with van der Waals surface area (Å²) in [4.78, 5) is 13.7. The fourth-order valence-electron chi connectivity index (χ4n) is 3.85. The second kappa shape index (κ2) is 6.88. The van der Waals surface area contributed by atoms with Gasteiger partial charge in [0.05, 0.1) is 29.4 Å². The molecule has 5 aromatic rings. The van der Waals surface area contributed by atoms with Crippen molar-refractivity contribution in [2.75, 3.05) is 11.4 Å². The summed E-state index contributed by atoms with van der Waals surface area (Å²) in [6, 6.07) is 10.3. The van der Waals surface area contributed by atoms with Crippen LogP contribution >= 0.6 is 11.6 Å². The lowest BCUT2D eigenvalue weighted by atomic mass is 10.0. The van der Waals surface area contributed by atoms with Gasteiger partial charge in [-0.3, -0.25) is 0 Å². The Morgan fingerprint density at radius 2 is 2.10 bits per heavy atom. The fourth-order valence-corrected chi connectivity index (χ4v) is 4.06. The van der Waals surface area contributed by atoms with E-state index in [1.165, 1.54) is 12.1 Å². The first kappa shape index (κ1) is 18.0. The molecular formula is C20H14ClFN8O. The number of nitrogens with zero attached hydrogens (tertiary/aromatic N) is 7. The lowest BCUT2D eigenvalue weighted by Crippen LogP contribution is -2.36. The van der Waals surface area contributed by atoms with Crippen molar-refractivity contribution in [3.8, 4) is 11.6 Å². The summed E-state index contributed by atoms with van der Waals surface area (Å²) >= 11 is 6.31. The maximum atomic E-state index is 13.2. The minimum absolute atomic E-state index is 0.208. The van der Waals surface area contributed by atoms with E-state index in [0.717, 1.165) is 35.2 Å². The lowest BCUT2D eigenvalue weighted by molar-refractivity contribution is 0.502. The normalized spacial score (nSPS) is 16.1. The van der Waals surface area contributed by atoms with Gasteiger partial charge in [0.15, 0.2) is 0 Å². The Labute approximate surface area is 179 Å². The monoisotopic (exact) mass is 436 g/mol. The van der Waals surface area contributed by atoms with Crippen LogP contribution in [-0.2, 0) is 6.42 Å². The highest BCUT2D eigenvalue weighted by atomic mass is 35.5. The van der Waals surface area contributed by atoms with Gasteiger partial charge in [0.25, 0.3) is 5.89 Å². The Kier molecular flexibility index (Phi) is 4.00. The van der Waals surface area contributed by atoms with Gasteiger partial charge in [-0.15, -0.1) is 5.10 Å². The van der Waals surface area contributed by atoms with Gasteiger partial charge in [-0.2, -0.15) is 5.10 Å². The van der Waals surface area contributed by atoms with Crippen molar-refractivity contribution in [3.63, 3.8) is 0 Å². The number of nitrogens with one attached hydrogen (secondary N) is 1. The molecule has 0 fully saturated rings. The van der Waals surface area contributed by atoms with E-state index >= 15 is 0 Å². The van der Waals surface area contributed by atoms with Crippen molar-refractivity contribution in [2.24, 2.45) is 0 Å². The third-order valence-corrected chi connectivity index (χ3v) is 5.56. The van der Waals surface area contributed by atoms with Crippen LogP contribution in [0.4, 0.5) is 10.4 Å². The van der Waals surface area contributed by atoms with E-state index in [0.29, 0.717) is 23.4 Å². The number of hydrogen-bond donors (Lipinski definition) is 1. The Hall–Kier alpha value is -3.79. The van der Waals surface area contributed by atoms with E-state index in [4.69, 9.17) is 21.1 Å². The number of fused-ring (bicyclic) bond motifs is 2. The molecule has 0 amide bonds. The van der Waals surface area contributed by atoms with Gasteiger partial charge in [0.1, 0.15) is 22.7 Å². The van der Waals surface area contributed by atoms with E-state index < -0.39 is 5.82 Å². The van der Waals surface area contributed by atoms with Crippen molar-refractivity contribution in [1.82, 2.24) is 34.8 Å². The highest BCUT2D eigenvalue weighted by molar-refractivity contribution is 6.29. The summed E-state index contributed by atoms with van der Waals surface area (Å²) in [7, 11) is 0. The molecule has 0 saturated carbocycles. The molecule has 1 atom stereocenters. The van der Waals surface area contributed by atoms with Crippen LogP contribution < -0.4 is 4.90 Å². The van der Waals surface area contributed by atoms with Crippen molar-refractivity contribution in [2.45, 2.75) is 12.5 Å². The maximum Gasteiger partial charge on any atom is 0.319 e. The molecule has 0 aromatic carbocycles. The quantitative estimate of drug-likeness (QED) is 0.432. The summed E-state index contributed by atoms with van der Waals surface area (Å²) < 4.78 is 20.8. The number of hydrogen-bond acceptors (Lipinski definition) is 7. The van der Waals surface area contributed by atoms with Crippen LogP contribution in [0.25, 0.3) is 17.1 Å². The molecule has 5 aromatic heterocycles. The third-order valence-electron chi connectivity index (χ3n) is 5.27. The zero-order valence-electron chi connectivity index (χ0n) is 15.9. The molecule has 1 aliphatic rings. The second-order valence-corrected chi connectivity index (χ2v) is 7.51. The first-order valence-corrected chi connectivity index (χ1v) is 9.93.